The molecule has 1 saturated carbocycles. The summed E-state index contributed by atoms with van der Waals surface area (Å²) in [6.07, 6.45) is 7.02. The number of carbonyl (C=O) groups excluding carboxylic acids is 1. The third-order valence-corrected chi connectivity index (χ3v) is 4.11. The first-order valence-corrected chi connectivity index (χ1v) is 7.66. The summed E-state index contributed by atoms with van der Waals surface area (Å²) in [5.74, 6) is 0.869. The number of benzene rings is 1. The number of hydrogen-bond acceptors (Lipinski definition) is 3. The number of nitrogens with one attached hydrogen (secondary N) is 1. The number of carbonyl (C=O) groups is 1. The quantitative estimate of drug-likeness (QED) is 0.698. The van der Waals surface area contributed by atoms with E-state index in [1.807, 2.05) is 18.2 Å². The molecular weight excluding hydrogens is 280 g/mol. The molecule has 1 heterocycles. The molecule has 0 atom stereocenters. The van der Waals surface area contributed by atoms with Crippen LogP contribution >= 0.6 is 0 Å². The number of nitrogens with zero attached hydrogens (tertiary/aromatic N) is 1. The van der Waals surface area contributed by atoms with Crippen LogP contribution in [0.25, 0.3) is 10.8 Å². The van der Waals surface area contributed by atoms with Crippen LogP contribution in [0.5, 0.6) is 5.75 Å². The lowest BCUT2D eigenvalue weighted by Crippen LogP contribution is -2.38. The van der Waals surface area contributed by atoms with Crippen LogP contribution in [-0.4, -0.2) is 18.1 Å². The summed E-state index contributed by atoms with van der Waals surface area (Å²) >= 11 is 0. The number of fused-ring (bicyclic) bond motifs is 1. The highest BCUT2D eigenvalue weighted by Gasteiger charge is 2.22. The van der Waals surface area contributed by atoms with Crippen molar-refractivity contribution in [1.29, 1.82) is 0 Å². The largest absolute Gasteiger partial charge is 0.619 e. The molecule has 1 aliphatic rings. The van der Waals surface area contributed by atoms with Crippen molar-refractivity contribution < 1.29 is 14.3 Å². The summed E-state index contributed by atoms with van der Waals surface area (Å²) in [6.45, 7) is 1.56. The topological polar surface area (TPSA) is 65.3 Å². The molecule has 1 amide bonds. The lowest BCUT2D eigenvalue weighted by molar-refractivity contribution is -0.603. The number of amides is 1. The second kappa shape index (κ2) is 6.22. The molecule has 1 aromatic heterocycles. The molecule has 22 heavy (non-hydrogen) atoms. The second-order valence-corrected chi connectivity index (χ2v) is 5.89. The highest BCUT2D eigenvalue weighted by atomic mass is 16.5. The summed E-state index contributed by atoms with van der Waals surface area (Å²) < 4.78 is 6.85. The van der Waals surface area contributed by atoms with E-state index in [1.165, 1.54) is 6.20 Å². The van der Waals surface area contributed by atoms with E-state index >= 15 is 0 Å². The van der Waals surface area contributed by atoms with Gasteiger partial charge in [0.1, 0.15) is 5.75 Å². The van der Waals surface area contributed by atoms with Crippen molar-refractivity contribution in [2.75, 3.05) is 0 Å². The number of hydrogen-bond donors (Lipinski definition) is 1. The zero-order valence-electron chi connectivity index (χ0n) is 12.6. The van der Waals surface area contributed by atoms with E-state index in [9.17, 15) is 10.0 Å². The maximum Gasteiger partial charge on any atom is 0.217 e. The average Bonchev–Trinajstić information content (AvgIpc) is 2.49. The Morgan fingerprint density at radius 3 is 2.73 bits per heavy atom. The van der Waals surface area contributed by atoms with E-state index in [4.69, 9.17) is 4.74 Å². The summed E-state index contributed by atoms with van der Waals surface area (Å²) in [5, 5.41) is 16.1. The summed E-state index contributed by atoms with van der Waals surface area (Å²) in [5.41, 5.74) is 0. The fraction of sp³-hybridized carbons (Fsp3) is 0.412. The van der Waals surface area contributed by atoms with E-state index in [-0.39, 0.29) is 18.1 Å². The van der Waals surface area contributed by atoms with Crippen molar-refractivity contribution in [3.63, 3.8) is 0 Å². The molecular formula is C17H20N2O3. The highest BCUT2D eigenvalue weighted by Crippen LogP contribution is 2.26. The Labute approximate surface area is 129 Å². The van der Waals surface area contributed by atoms with Gasteiger partial charge in [-0.2, -0.15) is 4.73 Å². The lowest BCUT2D eigenvalue weighted by Gasteiger charge is -2.29. The van der Waals surface area contributed by atoms with Gasteiger partial charge in [0, 0.05) is 24.4 Å². The minimum absolute atomic E-state index is 0.0366. The van der Waals surface area contributed by atoms with Crippen molar-refractivity contribution in [1.82, 2.24) is 5.32 Å². The van der Waals surface area contributed by atoms with E-state index in [1.54, 1.807) is 19.2 Å². The summed E-state index contributed by atoms with van der Waals surface area (Å²) in [4.78, 5) is 11.1. The molecule has 2 aromatic rings. The molecule has 1 aliphatic carbocycles. The van der Waals surface area contributed by atoms with Crippen LogP contribution in [0.4, 0.5) is 0 Å². The zero-order valence-corrected chi connectivity index (χ0v) is 12.6. The number of pyridine rings is 1. The van der Waals surface area contributed by atoms with Gasteiger partial charge >= 0.3 is 0 Å². The van der Waals surface area contributed by atoms with Gasteiger partial charge in [0.2, 0.25) is 5.91 Å². The molecule has 116 valence electrons. The number of aromatic nitrogens is 1. The Morgan fingerprint density at radius 2 is 2.00 bits per heavy atom. The van der Waals surface area contributed by atoms with Crippen LogP contribution in [0.15, 0.2) is 36.7 Å². The van der Waals surface area contributed by atoms with Gasteiger partial charge in [-0.1, -0.05) is 0 Å². The first-order chi connectivity index (χ1) is 10.6. The van der Waals surface area contributed by atoms with Gasteiger partial charge in [-0.15, -0.1) is 0 Å². The van der Waals surface area contributed by atoms with Crippen LogP contribution in [0.2, 0.25) is 0 Å². The fourth-order valence-corrected chi connectivity index (χ4v) is 3.03. The molecule has 1 N–H and O–H groups in total. The lowest BCUT2D eigenvalue weighted by atomic mass is 9.93. The first-order valence-electron chi connectivity index (χ1n) is 7.66. The minimum atomic E-state index is 0.0366. The van der Waals surface area contributed by atoms with Gasteiger partial charge in [0.15, 0.2) is 12.4 Å². The van der Waals surface area contributed by atoms with Gasteiger partial charge in [-0.25, -0.2) is 0 Å². The SMILES string of the molecule is CC(=O)N[C@H]1CC[C@H](Oc2ccc3c[n+]([O-])ccc3c2)CC1. The second-order valence-electron chi connectivity index (χ2n) is 5.89. The minimum Gasteiger partial charge on any atom is -0.619 e. The highest BCUT2D eigenvalue weighted by molar-refractivity contribution is 5.82. The van der Waals surface area contributed by atoms with Crippen molar-refractivity contribution in [3.8, 4) is 5.75 Å². The smallest absolute Gasteiger partial charge is 0.217 e. The van der Waals surface area contributed by atoms with Crippen LogP contribution < -0.4 is 14.8 Å². The molecule has 5 nitrogen and oxygen atoms in total. The monoisotopic (exact) mass is 300 g/mol. The molecule has 0 aliphatic heterocycles. The molecule has 3 rings (SSSR count). The van der Waals surface area contributed by atoms with Crippen molar-refractivity contribution in [3.05, 3.63) is 41.9 Å². The number of rotatable bonds is 3. The van der Waals surface area contributed by atoms with Gasteiger partial charge in [0.25, 0.3) is 0 Å². The van der Waals surface area contributed by atoms with E-state index in [0.717, 1.165) is 46.9 Å². The maximum atomic E-state index is 11.2. The molecule has 1 aromatic carbocycles. The molecule has 0 bridgehead atoms. The Balaban J connectivity index is 1.62. The standard InChI is InChI=1S/C17H20N2O3/c1-12(20)18-15-3-6-16(7-4-15)22-17-5-2-14-11-19(21)9-8-13(14)10-17/h2,5,8-11,15-16H,3-4,6-7H2,1H3,(H,18,20)/t15-,16-. The van der Waals surface area contributed by atoms with E-state index in [2.05, 4.69) is 5.32 Å². The van der Waals surface area contributed by atoms with Gasteiger partial charge in [0.05, 0.1) is 6.10 Å². The van der Waals surface area contributed by atoms with Gasteiger partial charge in [-0.3, -0.25) is 4.79 Å². The van der Waals surface area contributed by atoms with E-state index in [0.29, 0.717) is 0 Å². The zero-order chi connectivity index (χ0) is 15.5. The van der Waals surface area contributed by atoms with Crippen molar-refractivity contribution >= 4 is 16.7 Å². The Morgan fingerprint density at radius 1 is 1.23 bits per heavy atom. The third-order valence-electron chi connectivity index (χ3n) is 4.11. The van der Waals surface area contributed by atoms with Crippen LogP contribution in [-0.2, 0) is 4.79 Å². The van der Waals surface area contributed by atoms with Crippen LogP contribution in [0.1, 0.15) is 32.6 Å². The van der Waals surface area contributed by atoms with Crippen molar-refractivity contribution in [2.24, 2.45) is 0 Å². The molecule has 1 fully saturated rings. The Kier molecular flexibility index (Phi) is 4.13. The molecule has 0 unspecified atom stereocenters. The Bertz CT molecular complexity index is 679. The normalized spacial score (nSPS) is 21.5. The third kappa shape index (κ3) is 3.47. The van der Waals surface area contributed by atoms with Crippen LogP contribution in [0, 0.1) is 5.21 Å². The maximum absolute atomic E-state index is 11.2. The fourth-order valence-electron chi connectivity index (χ4n) is 3.03. The van der Waals surface area contributed by atoms with Gasteiger partial charge < -0.3 is 15.3 Å². The summed E-state index contributed by atoms with van der Waals surface area (Å²) in [7, 11) is 0. The predicted octanol–water partition coefficient (Wildman–Crippen LogP) is 2.30. The average molecular weight is 300 g/mol. The van der Waals surface area contributed by atoms with Crippen molar-refractivity contribution in [2.45, 2.75) is 44.8 Å². The molecule has 0 radical (unpaired) electrons. The molecule has 0 spiro atoms. The van der Waals surface area contributed by atoms with E-state index < -0.39 is 0 Å². The number of ether oxygens (including phenoxy) is 1. The first kappa shape index (κ1) is 14.6. The Hall–Kier alpha value is -2.30. The van der Waals surface area contributed by atoms with Crippen LogP contribution in [0.3, 0.4) is 0 Å². The predicted molar refractivity (Wildman–Crippen MR) is 83.4 cm³/mol. The van der Waals surface area contributed by atoms with Gasteiger partial charge in [-0.05, 0) is 49.3 Å². The molecule has 0 saturated heterocycles. The molecule has 5 heteroatoms. The summed E-state index contributed by atoms with van der Waals surface area (Å²) in [6, 6.07) is 7.85.